The summed E-state index contributed by atoms with van der Waals surface area (Å²) in [5.74, 6) is 1.63. The highest BCUT2D eigenvalue weighted by Crippen LogP contribution is 2.27. The third-order valence-corrected chi connectivity index (χ3v) is 3.31. The van der Waals surface area contributed by atoms with Crippen molar-refractivity contribution in [2.45, 2.75) is 25.7 Å². The quantitative estimate of drug-likeness (QED) is 0.767. The fraction of sp³-hybridized carbons (Fsp3) is 0.538. The van der Waals surface area contributed by atoms with Gasteiger partial charge in [0.05, 0.1) is 18.5 Å². The number of hydrogen-bond acceptors (Lipinski definition) is 3. The van der Waals surface area contributed by atoms with Gasteiger partial charge in [-0.05, 0) is 30.9 Å². The summed E-state index contributed by atoms with van der Waals surface area (Å²) in [4.78, 5) is 0. The maximum Gasteiger partial charge on any atom is 0.121 e. The molecule has 1 aromatic rings. The van der Waals surface area contributed by atoms with Gasteiger partial charge in [-0.3, -0.25) is 0 Å². The lowest BCUT2D eigenvalue weighted by Crippen LogP contribution is -2.12. The molecule has 1 aromatic carbocycles. The molecule has 1 fully saturated rings. The number of hydrogen-bond donors (Lipinski definition) is 2. The largest absolute Gasteiger partial charge is 0.497 e. The maximum absolute atomic E-state index is 5.94. The Bertz CT molecular complexity index is 346. The normalized spacial score (nSPS) is 16.3. The van der Waals surface area contributed by atoms with Gasteiger partial charge in [0.25, 0.3) is 0 Å². The SMILES string of the molecule is COc1ccc(NCC2CCCC2)c(N)c1. The lowest BCUT2D eigenvalue weighted by Gasteiger charge is -2.14. The molecule has 1 saturated carbocycles. The molecule has 1 aliphatic rings. The van der Waals surface area contributed by atoms with Crippen molar-refractivity contribution in [2.24, 2.45) is 5.92 Å². The van der Waals surface area contributed by atoms with E-state index in [0.717, 1.165) is 29.6 Å². The molecule has 88 valence electrons. The third kappa shape index (κ3) is 2.60. The summed E-state index contributed by atoms with van der Waals surface area (Å²) in [5, 5.41) is 3.43. The van der Waals surface area contributed by atoms with E-state index < -0.39 is 0 Å². The highest BCUT2D eigenvalue weighted by molar-refractivity contribution is 5.68. The van der Waals surface area contributed by atoms with E-state index in [1.165, 1.54) is 25.7 Å². The molecule has 0 aromatic heterocycles. The second-order valence-electron chi connectivity index (χ2n) is 4.48. The highest BCUT2D eigenvalue weighted by atomic mass is 16.5. The van der Waals surface area contributed by atoms with Crippen LogP contribution >= 0.6 is 0 Å². The van der Waals surface area contributed by atoms with Crippen molar-refractivity contribution in [1.82, 2.24) is 0 Å². The van der Waals surface area contributed by atoms with E-state index in [-0.39, 0.29) is 0 Å². The van der Waals surface area contributed by atoms with Crippen molar-refractivity contribution in [2.75, 3.05) is 24.7 Å². The topological polar surface area (TPSA) is 47.3 Å². The predicted octanol–water partition coefficient (Wildman–Crippen LogP) is 2.88. The molecule has 3 nitrogen and oxygen atoms in total. The minimum Gasteiger partial charge on any atom is -0.497 e. The minimum absolute atomic E-state index is 0.761. The standard InChI is InChI=1S/C13H20N2O/c1-16-11-6-7-13(12(14)8-11)15-9-10-4-2-3-5-10/h6-8,10,15H,2-5,9,14H2,1H3. The van der Waals surface area contributed by atoms with Crippen LogP contribution in [0.15, 0.2) is 18.2 Å². The van der Waals surface area contributed by atoms with Crippen molar-refractivity contribution in [3.63, 3.8) is 0 Å². The summed E-state index contributed by atoms with van der Waals surface area (Å²) in [6, 6.07) is 5.79. The second kappa shape index (κ2) is 5.10. The number of ether oxygens (including phenoxy) is 1. The van der Waals surface area contributed by atoms with Crippen LogP contribution < -0.4 is 15.8 Å². The first-order valence-corrected chi connectivity index (χ1v) is 5.97. The molecule has 1 aliphatic carbocycles. The van der Waals surface area contributed by atoms with Crippen LogP contribution in [-0.4, -0.2) is 13.7 Å². The molecular weight excluding hydrogens is 200 g/mol. The fourth-order valence-electron chi connectivity index (χ4n) is 2.30. The molecule has 0 unspecified atom stereocenters. The molecule has 0 atom stereocenters. The van der Waals surface area contributed by atoms with Gasteiger partial charge in [-0.1, -0.05) is 12.8 Å². The molecule has 0 saturated heterocycles. The molecule has 3 heteroatoms. The first kappa shape index (κ1) is 11.1. The van der Waals surface area contributed by atoms with Crippen molar-refractivity contribution in [3.05, 3.63) is 18.2 Å². The van der Waals surface area contributed by atoms with Gasteiger partial charge in [0.1, 0.15) is 5.75 Å². The minimum atomic E-state index is 0.761. The van der Waals surface area contributed by atoms with E-state index in [4.69, 9.17) is 10.5 Å². The fourth-order valence-corrected chi connectivity index (χ4v) is 2.30. The molecule has 0 heterocycles. The third-order valence-electron chi connectivity index (χ3n) is 3.31. The van der Waals surface area contributed by atoms with Crippen molar-refractivity contribution in [1.29, 1.82) is 0 Å². The molecule has 3 N–H and O–H groups in total. The Balaban J connectivity index is 1.93. The average Bonchev–Trinajstić information content (AvgIpc) is 2.80. The number of nitrogens with one attached hydrogen (secondary N) is 1. The number of rotatable bonds is 4. The Morgan fingerprint density at radius 2 is 2.12 bits per heavy atom. The molecule has 0 radical (unpaired) electrons. The molecule has 2 rings (SSSR count). The van der Waals surface area contributed by atoms with Gasteiger partial charge in [0.2, 0.25) is 0 Å². The number of anilines is 2. The van der Waals surface area contributed by atoms with Crippen molar-refractivity contribution in [3.8, 4) is 5.75 Å². The van der Waals surface area contributed by atoms with Gasteiger partial charge >= 0.3 is 0 Å². The van der Waals surface area contributed by atoms with Crippen LogP contribution in [-0.2, 0) is 0 Å². The van der Waals surface area contributed by atoms with Crippen LogP contribution in [0.4, 0.5) is 11.4 Å². The first-order valence-electron chi connectivity index (χ1n) is 5.97. The van der Waals surface area contributed by atoms with Gasteiger partial charge in [0.15, 0.2) is 0 Å². The van der Waals surface area contributed by atoms with Crippen LogP contribution in [0.5, 0.6) is 5.75 Å². The van der Waals surface area contributed by atoms with Gasteiger partial charge in [-0.25, -0.2) is 0 Å². The molecule has 0 aliphatic heterocycles. The van der Waals surface area contributed by atoms with E-state index in [1.807, 2.05) is 18.2 Å². The van der Waals surface area contributed by atoms with Gasteiger partial charge in [0, 0.05) is 12.6 Å². The van der Waals surface area contributed by atoms with Gasteiger partial charge < -0.3 is 15.8 Å². The Kier molecular flexibility index (Phi) is 3.54. The first-order chi connectivity index (χ1) is 7.79. The van der Waals surface area contributed by atoms with Crippen LogP contribution in [0.25, 0.3) is 0 Å². The predicted molar refractivity (Wildman–Crippen MR) is 67.9 cm³/mol. The smallest absolute Gasteiger partial charge is 0.121 e. The van der Waals surface area contributed by atoms with Crippen molar-refractivity contribution < 1.29 is 4.74 Å². The van der Waals surface area contributed by atoms with Crippen LogP contribution in [0, 0.1) is 5.92 Å². The Labute approximate surface area is 97.0 Å². The molecule has 0 bridgehead atoms. The van der Waals surface area contributed by atoms with E-state index in [0.29, 0.717) is 0 Å². The summed E-state index contributed by atoms with van der Waals surface area (Å²) in [6.07, 6.45) is 5.46. The summed E-state index contributed by atoms with van der Waals surface area (Å²) in [7, 11) is 1.65. The van der Waals surface area contributed by atoms with Crippen molar-refractivity contribution >= 4 is 11.4 Å². The lowest BCUT2D eigenvalue weighted by atomic mass is 10.1. The average molecular weight is 220 g/mol. The summed E-state index contributed by atoms with van der Waals surface area (Å²) in [6.45, 7) is 1.04. The Morgan fingerprint density at radius 3 is 2.75 bits per heavy atom. The summed E-state index contributed by atoms with van der Waals surface area (Å²) >= 11 is 0. The van der Waals surface area contributed by atoms with E-state index in [9.17, 15) is 0 Å². The van der Waals surface area contributed by atoms with Crippen LogP contribution in [0.2, 0.25) is 0 Å². The summed E-state index contributed by atoms with van der Waals surface area (Å²) < 4.78 is 5.12. The molecular formula is C13H20N2O. The zero-order chi connectivity index (χ0) is 11.4. The number of benzene rings is 1. The number of nitrogen functional groups attached to an aromatic ring is 1. The number of nitrogens with two attached hydrogens (primary N) is 1. The zero-order valence-corrected chi connectivity index (χ0v) is 9.83. The zero-order valence-electron chi connectivity index (χ0n) is 9.83. The van der Waals surface area contributed by atoms with E-state index >= 15 is 0 Å². The highest BCUT2D eigenvalue weighted by Gasteiger charge is 2.14. The van der Waals surface area contributed by atoms with Crippen LogP contribution in [0.1, 0.15) is 25.7 Å². The molecule has 16 heavy (non-hydrogen) atoms. The molecule has 0 amide bonds. The maximum atomic E-state index is 5.94. The lowest BCUT2D eigenvalue weighted by molar-refractivity contribution is 0.415. The Hall–Kier alpha value is -1.38. The van der Waals surface area contributed by atoms with Gasteiger partial charge in [-0.2, -0.15) is 0 Å². The van der Waals surface area contributed by atoms with Crippen LogP contribution in [0.3, 0.4) is 0 Å². The second-order valence-corrected chi connectivity index (χ2v) is 4.48. The monoisotopic (exact) mass is 220 g/mol. The molecule has 0 spiro atoms. The van der Waals surface area contributed by atoms with E-state index in [1.54, 1.807) is 7.11 Å². The van der Waals surface area contributed by atoms with E-state index in [2.05, 4.69) is 5.32 Å². The number of methoxy groups -OCH3 is 1. The van der Waals surface area contributed by atoms with Gasteiger partial charge in [-0.15, -0.1) is 0 Å². The Morgan fingerprint density at radius 1 is 1.38 bits per heavy atom. The summed E-state index contributed by atoms with van der Waals surface area (Å²) in [5.41, 5.74) is 7.72.